The standard InChI is InChI=1S/C24H26ClN3O2/c1-3-4-9-23-27-24(25)22(17-29-2)28(23)15-18-10-12-21(13-11-18)30-16-20-8-6-5-7-19(20)14-26/h5-8,10-13H,3-4,9,15-17H2,1-2H3. The van der Waals surface area contributed by atoms with Crippen molar-refractivity contribution in [3.05, 3.63) is 81.9 Å². The minimum Gasteiger partial charge on any atom is -0.489 e. The molecule has 1 aromatic heterocycles. The van der Waals surface area contributed by atoms with Crippen molar-refractivity contribution >= 4 is 11.6 Å². The van der Waals surface area contributed by atoms with Gasteiger partial charge in [-0.05, 0) is 30.2 Å². The van der Waals surface area contributed by atoms with Crippen LogP contribution in [0.3, 0.4) is 0 Å². The summed E-state index contributed by atoms with van der Waals surface area (Å²) < 4.78 is 13.4. The van der Waals surface area contributed by atoms with Gasteiger partial charge in [-0.3, -0.25) is 0 Å². The molecule has 3 rings (SSSR count). The third-order valence-electron chi connectivity index (χ3n) is 4.93. The van der Waals surface area contributed by atoms with Crippen LogP contribution in [-0.4, -0.2) is 16.7 Å². The summed E-state index contributed by atoms with van der Waals surface area (Å²) in [5.41, 5.74) is 3.54. The number of aryl methyl sites for hydroxylation is 1. The van der Waals surface area contributed by atoms with Crippen molar-refractivity contribution in [2.45, 2.75) is 45.9 Å². The highest BCUT2D eigenvalue weighted by molar-refractivity contribution is 6.30. The van der Waals surface area contributed by atoms with Gasteiger partial charge in [0.15, 0.2) is 5.15 Å². The van der Waals surface area contributed by atoms with Gasteiger partial charge in [-0.1, -0.05) is 55.3 Å². The highest BCUT2D eigenvalue weighted by atomic mass is 35.5. The molecule has 0 unspecified atom stereocenters. The topological polar surface area (TPSA) is 60.1 Å². The molecule has 0 aliphatic carbocycles. The summed E-state index contributed by atoms with van der Waals surface area (Å²) in [5.74, 6) is 1.75. The SMILES string of the molecule is CCCCc1nc(Cl)c(COC)n1Cc1ccc(OCc2ccccc2C#N)cc1. The molecule has 0 atom stereocenters. The summed E-state index contributed by atoms with van der Waals surface area (Å²) in [5, 5.41) is 9.71. The van der Waals surface area contributed by atoms with Gasteiger partial charge in [0.05, 0.1) is 23.9 Å². The van der Waals surface area contributed by atoms with Gasteiger partial charge in [-0.2, -0.15) is 5.26 Å². The van der Waals surface area contributed by atoms with Crippen LogP contribution in [-0.2, 0) is 30.9 Å². The lowest BCUT2D eigenvalue weighted by Crippen LogP contribution is -2.10. The number of unbranched alkanes of at least 4 members (excludes halogenated alkanes) is 1. The number of aromatic nitrogens is 2. The first-order valence-electron chi connectivity index (χ1n) is 10.1. The predicted octanol–water partition coefficient (Wildman–Crippen LogP) is 5.52. The number of methoxy groups -OCH3 is 1. The fraction of sp³-hybridized carbons (Fsp3) is 0.333. The van der Waals surface area contributed by atoms with E-state index in [0.29, 0.717) is 30.5 Å². The van der Waals surface area contributed by atoms with Gasteiger partial charge in [-0.25, -0.2) is 4.98 Å². The lowest BCUT2D eigenvalue weighted by atomic mass is 10.1. The quantitative estimate of drug-likeness (QED) is 0.430. The summed E-state index contributed by atoms with van der Waals surface area (Å²) in [4.78, 5) is 4.56. The van der Waals surface area contributed by atoms with E-state index in [1.54, 1.807) is 13.2 Å². The van der Waals surface area contributed by atoms with Crippen LogP contribution in [0.5, 0.6) is 5.75 Å². The van der Waals surface area contributed by atoms with E-state index in [1.165, 1.54) is 0 Å². The molecule has 0 radical (unpaired) electrons. The van der Waals surface area contributed by atoms with Gasteiger partial charge in [0, 0.05) is 25.6 Å². The smallest absolute Gasteiger partial charge is 0.153 e. The maximum Gasteiger partial charge on any atom is 0.153 e. The molecule has 0 aliphatic heterocycles. The number of hydrogen-bond donors (Lipinski definition) is 0. The van der Waals surface area contributed by atoms with Crippen LogP contribution in [0.15, 0.2) is 48.5 Å². The van der Waals surface area contributed by atoms with E-state index >= 15 is 0 Å². The minimum atomic E-state index is 0.360. The molecule has 156 valence electrons. The minimum absolute atomic E-state index is 0.360. The normalized spacial score (nSPS) is 10.7. The molecule has 5 nitrogen and oxygen atoms in total. The molecule has 2 aromatic carbocycles. The Kier molecular flexibility index (Phi) is 7.89. The van der Waals surface area contributed by atoms with E-state index < -0.39 is 0 Å². The van der Waals surface area contributed by atoms with Gasteiger partial charge < -0.3 is 14.0 Å². The lowest BCUT2D eigenvalue weighted by molar-refractivity contribution is 0.178. The number of rotatable bonds is 10. The van der Waals surface area contributed by atoms with Gasteiger partial charge >= 0.3 is 0 Å². The van der Waals surface area contributed by atoms with Gasteiger partial charge in [-0.15, -0.1) is 0 Å². The molecule has 0 spiro atoms. The third-order valence-corrected chi connectivity index (χ3v) is 5.24. The van der Waals surface area contributed by atoms with Crippen LogP contribution in [0.2, 0.25) is 5.15 Å². The van der Waals surface area contributed by atoms with Crippen LogP contribution < -0.4 is 4.74 Å². The number of hydrogen-bond acceptors (Lipinski definition) is 4. The fourth-order valence-electron chi connectivity index (χ4n) is 3.28. The van der Waals surface area contributed by atoms with E-state index in [2.05, 4.69) is 22.5 Å². The first-order valence-corrected chi connectivity index (χ1v) is 10.5. The van der Waals surface area contributed by atoms with E-state index in [0.717, 1.165) is 47.7 Å². The number of halogens is 1. The number of ether oxygens (including phenoxy) is 2. The maximum atomic E-state index is 9.20. The van der Waals surface area contributed by atoms with Crippen molar-refractivity contribution in [2.75, 3.05) is 7.11 Å². The van der Waals surface area contributed by atoms with Gasteiger partial charge in [0.1, 0.15) is 18.2 Å². The Bertz CT molecular complexity index is 1010. The van der Waals surface area contributed by atoms with E-state index in [9.17, 15) is 5.26 Å². The van der Waals surface area contributed by atoms with Crippen molar-refractivity contribution in [1.29, 1.82) is 5.26 Å². The molecule has 0 N–H and O–H groups in total. The van der Waals surface area contributed by atoms with Crippen molar-refractivity contribution in [2.24, 2.45) is 0 Å². The Hall–Kier alpha value is -2.81. The fourth-order valence-corrected chi connectivity index (χ4v) is 3.54. The van der Waals surface area contributed by atoms with Crippen molar-refractivity contribution < 1.29 is 9.47 Å². The Labute approximate surface area is 182 Å². The number of benzene rings is 2. The molecule has 0 bridgehead atoms. The van der Waals surface area contributed by atoms with E-state index in [-0.39, 0.29) is 0 Å². The Morgan fingerprint density at radius 2 is 1.87 bits per heavy atom. The monoisotopic (exact) mass is 423 g/mol. The van der Waals surface area contributed by atoms with Gasteiger partial charge in [0.2, 0.25) is 0 Å². The van der Waals surface area contributed by atoms with Gasteiger partial charge in [0.25, 0.3) is 0 Å². The first kappa shape index (κ1) is 21.9. The van der Waals surface area contributed by atoms with Crippen LogP contribution in [0, 0.1) is 11.3 Å². The summed E-state index contributed by atoms with van der Waals surface area (Å²) >= 11 is 6.37. The molecular weight excluding hydrogens is 398 g/mol. The molecule has 6 heteroatoms. The predicted molar refractivity (Wildman–Crippen MR) is 118 cm³/mol. The van der Waals surface area contributed by atoms with E-state index in [4.69, 9.17) is 21.1 Å². The van der Waals surface area contributed by atoms with E-state index in [1.807, 2.05) is 42.5 Å². The van der Waals surface area contributed by atoms with Crippen molar-refractivity contribution in [3.63, 3.8) is 0 Å². The molecule has 0 amide bonds. The lowest BCUT2D eigenvalue weighted by Gasteiger charge is -2.13. The average molecular weight is 424 g/mol. The van der Waals surface area contributed by atoms with Crippen LogP contribution in [0.4, 0.5) is 0 Å². The summed E-state index contributed by atoms with van der Waals surface area (Å²) in [6.07, 6.45) is 3.06. The maximum absolute atomic E-state index is 9.20. The third kappa shape index (κ3) is 5.41. The Morgan fingerprint density at radius 1 is 1.10 bits per heavy atom. The first-order chi connectivity index (χ1) is 14.7. The number of nitriles is 1. The van der Waals surface area contributed by atoms with Crippen LogP contribution >= 0.6 is 11.6 Å². The van der Waals surface area contributed by atoms with Crippen molar-refractivity contribution in [3.8, 4) is 11.8 Å². The second-order valence-electron chi connectivity index (χ2n) is 7.09. The largest absolute Gasteiger partial charge is 0.489 e. The number of nitrogens with zero attached hydrogens (tertiary/aromatic N) is 3. The summed E-state index contributed by atoms with van der Waals surface area (Å²) in [7, 11) is 1.66. The van der Waals surface area contributed by atoms with Crippen LogP contribution in [0.1, 0.15) is 48.0 Å². The highest BCUT2D eigenvalue weighted by Crippen LogP contribution is 2.23. The second-order valence-corrected chi connectivity index (χ2v) is 7.45. The summed E-state index contributed by atoms with van der Waals surface area (Å²) in [6.45, 7) is 3.63. The number of imidazole rings is 1. The zero-order chi connectivity index (χ0) is 21.3. The molecule has 0 aliphatic rings. The zero-order valence-corrected chi connectivity index (χ0v) is 18.2. The van der Waals surface area contributed by atoms with Crippen molar-refractivity contribution in [1.82, 2.24) is 9.55 Å². The molecule has 0 fully saturated rings. The second kappa shape index (κ2) is 10.8. The summed E-state index contributed by atoms with van der Waals surface area (Å²) in [6, 6.07) is 17.6. The molecule has 0 saturated carbocycles. The molecular formula is C24H26ClN3O2. The average Bonchev–Trinajstić information content (AvgIpc) is 3.06. The molecule has 30 heavy (non-hydrogen) atoms. The Morgan fingerprint density at radius 3 is 2.57 bits per heavy atom. The highest BCUT2D eigenvalue weighted by Gasteiger charge is 2.16. The molecule has 0 saturated heterocycles. The van der Waals surface area contributed by atoms with Crippen LogP contribution in [0.25, 0.3) is 0 Å². The molecule has 3 aromatic rings. The zero-order valence-electron chi connectivity index (χ0n) is 17.4. The molecule has 1 heterocycles. The Balaban J connectivity index is 1.72.